The molecule has 0 aliphatic carbocycles. The lowest BCUT2D eigenvalue weighted by molar-refractivity contribution is 0.173. The van der Waals surface area contributed by atoms with Crippen LogP contribution in [0.1, 0.15) is 17.2 Å². The summed E-state index contributed by atoms with van der Waals surface area (Å²) < 4.78 is 11.4. The summed E-state index contributed by atoms with van der Waals surface area (Å²) in [6.07, 6.45) is -0.221. The van der Waals surface area contributed by atoms with E-state index in [4.69, 9.17) is 21.1 Å². The topological polar surface area (TPSA) is 38.7 Å². The Kier molecular flexibility index (Phi) is 5.51. The van der Waals surface area contributed by atoms with Crippen molar-refractivity contribution >= 4 is 27.5 Å². The number of ether oxygens (including phenoxy) is 2. The predicted octanol–water partition coefficient (Wildman–Crippen LogP) is 4.40. The predicted molar refractivity (Wildman–Crippen MR) is 87.4 cm³/mol. The van der Waals surface area contributed by atoms with E-state index in [1.165, 1.54) is 0 Å². The molecule has 0 aliphatic rings. The molecule has 2 aromatic carbocycles. The van der Waals surface area contributed by atoms with Gasteiger partial charge >= 0.3 is 0 Å². The van der Waals surface area contributed by atoms with Crippen molar-refractivity contribution in [3.63, 3.8) is 0 Å². The molecule has 0 saturated carbocycles. The van der Waals surface area contributed by atoms with E-state index in [9.17, 15) is 5.11 Å². The van der Waals surface area contributed by atoms with Gasteiger partial charge in [-0.3, -0.25) is 0 Å². The molecular weight excluding hydrogens is 356 g/mol. The van der Waals surface area contributed by atoms with Gasteiger partial charge in [-0.1, -0.05) is 23.7 Å². The van der Waals surface area contributed by atoms with E-state index in [1.54, 1.807) is 26.4 Å². The number of aliphatic hydroxyl groups is 1. The summed E-state index contributed by atoms with van der Waals surface area (Å²) in [6, 6.07) is 11.0. The van der Waals surface area contributed by atoms with Crippen LogP contribution in [0.25, 0.3) is 0 Å². The van der Waals surface area contributed by atoms with Crippen LogP contribution < -0.4 is 9.47 Å². The first-order valence-corrected chi connectivity index (χ1v) is 7.56. The van der Waals surface area contributed by atoms with Gasteiger partial charge in [0.15, 0.2) is 0 Å². The number of methoxy groups -OCH3 is 2. The van der Waals surface area contributed by atoms with Crippen molar-refractivity contribution in [3.8, 4) is 11.5 Å². The zero-order valence-corrected chi connectivity index (χ0v) is 14.1. The number of rotatable bonds is 5. The molecule has 2 aromatic rings. The molecule has 112 valence electrons. The fourth-order valence-corrected chi connectivity index (χ4v) is 2.71. The lowest BCUT2D eigenvalue weighted by Gasteiger charge is -2.17. The Bertz CT molecular complexity index is 614. The molecule has 0 bridgehead atoms. The van der Waals surface area contributed by atoms with Crippen LogP contribution in [-0.2, 0) is 6.42 Å². The Morgan fingerprint density at radius 1 is 1.10 bits per heavy atom. The summed E-state index contributed by atoms with van der Waals surface area (Å²) in [5, 5.41) is 11.2. The number of aliphatic hydroxyl groups excluding tert-OH is 1. The quantitative estimate of drug-likeness (QED) is 0.847. The van der Waals surface area contributed by atoms with Gasteiger partial charge < -0.3 is 14.6 Å². The molecule has 0 radical (unpaired) electrons. The van der Waals surface area contributed by atoms with Crippen LogP contribution in [0.2, 0.25) is 5.02 Å². The molecule has 21 heavy (non-hydrogen) atoms. The van der Waals surface area contributed by atoms with Crippen molar-refractivity contribution in [2.75, 3.05) is 14.2 Å². The minimum atomic E-state index is -0.692. The van der Waals surface area contributed by atoms with Crippen LogP contribution in [0, 0.1) is 0 Å². The van der Waals surface area contributed by atoms with Crippen LogP contribution in [-0.4, -0.2) is 19.3 Å². The average Bonchev–Trinajstić information content (AvgIpc) is 2.49. The molecule has 1 unspecified atom stereocenters. The molecule has 0 aliphatic heterocycles. The van der Waals surface area contributed by atoms with Gasteiger partial charge in [0.05, 0.1) is 24.8 Å². The summed E-state index contributed by atoms with van der Waals surface area (Å²) in [5.41, 5.74) is 1.68. The van der Waals surface area contributed by atoms with Gasteiger partial charge in [-0.15, -0.1) is 0 Å². The van der Waals surface area contributed by atoms with E-state index >= 15 is 0 Å². The summed E-state index contributed by atoms with van der Waals surface area (Å²) in [5.74, 6) is 1.27. The first-order chi connectivity index (χ1) is 10.0. The van der Waals surface area contributed by atoms with E-state index in [0.717, 1.165) is 10.0 Å². The summed E-state index contributed by atoms with van der Waals surface area (Å²) in [4.78, 5) is 0. The van der Waals surface area contributed by atoms with Crippen molar-refractivity contribution in [2.24, 2.45) is 0 Å². The molecule has 3 nitrogen and oxygen atoms in total. The Morgan fingerprint density at radius 3 is 2.29 bits per heavy atom. The lowest BCUT2D eigenvalue weighted by Crippen LogP contribution is -2.05. The largest absolute Gasteiger partial charge is 0.496 e. The maximum absolute atomic E-state index is 10.5. The second-order valence-corrected chi connectivity index (χ2v) is 5.87. The van der Waals surface area contributed by atoms with E-state index < -0.39 is 6.10 Å². The number of halogens is 2. The minimum Gasteiger partial charge on any atom is -0.496 e. The second-order valence-electron chi connectivity index (χ2n) is 4.58. The molecule has 1 N–H and O–H groups in total. The normalized spacial score (nSPS) is 12.0. The highest BCUT2D eigenvalue weighted by Gasteiger charge is 2.17. The fourth-order valence-electron chi connectivity index (χ4n) is 2.10. The third-order valence-electron chi connectivity index (χ3n) is 3.21. The standard InChI is InChI=1S/C16H16BrClO3/c1-20-15-9-13(17)16(21-2)8-12(15)14(19)7-10-3-5-11(18)6-4-10/h3-6,8-9,14,19H,7H2,1-2H3. The number of hydrogen-bond acceptors (Lipinski definition) is 3. The molecule has 5 heteroatoms. The molecule has 0 amide bonds. The number of hydrogen-bond donors (Lipinski definition) is 1. The Morgan fingerprint density at radius 2 is 1.71 bits per heavy atom. The van der Waals surface area contributed by atoms with Gasteiger partial charge in [0, 0.05) is 17.0 Å². The van der Waals surface area contributed by atoms with Crippen molar-refractivity contribution in [2.45, 2.75) is 12.5 Å². The van der Waals surface area contributed by atoms with Gasteiger partial charge in [0.2, 0.25) is 0 Å². The lowest BCUT2D eigenvalue weighted by atomic mass is 10.0. The van der Waals surface area contributed by atoms with Crippen LogP contribution in [0.4, 0.5) is 0 Å². The highest BCUT2D eigenvalue weighted by molar-refractivity contribution is 9.10. The molecule has 0 saturated heterocycles. The summed E-state index contributed by atoms with van der Waals surface area (Å²) >= 11 is 9.27. The van der Waals surface area contributed by atoms with Crippen LogP contribution in [0.3, 0.4) is 0 Å². The summed E-state index contributed by atoms with van der Waals surface area (Å²) in [6.45, 7) is 0. The van der Waals surface area contributed by atoms with E-state index in [0.29, 0.717) is 28.5 Å². The highest BCUT2D eigenvalue weighted by Crippen LogP contribution is 2.36. The first kappa shape index (κ1) is 16.1. The highest BCUT2D eigenvalue weighted by atomic mass is 79.9. The van der Waals surface area contributed by atoms with Crippen molar-refractivity contribution in [1.29, 1.82) is 0 Å². The van der Waals surface area contributed by atoms with Gasteiger partial charge in [0.1, 0.15) is 11.5 Å². The molecule has 2 rings (SSSR count). The third-order valence-corrected chi connectivity index (χ3v) is 4.08. The average molecular weight is 372 g/mol. The third kappa shape index (κ3) is 3.90. The van der Waals surface area contributed by atoms with Crippen LogP contribution >= 0.6 is 27.5 Å². The summed E-state index contributed by atoms with van der Waals surface area (Å²) in [7, 11) is 3.16. The number of benzene rings is 2. The van der Waals surface area contributed by atoms with Gasteiger partial charge in [-0.2, -0.15) is 0 Å². The molecular formula is C16H16BrClO3. The van der Waals surface area contributed by atoms with Crippen LogP contribution in [0.15, 0.2) is 40.9 Å². The van der Waals surface area contributed by atoms with Crippen molar-refractivity contribution in [1.82, 2.24) is 0 Å². The Balaban J connectivity index is 2.29. The minimum absolute atomic E-state index is 0.471. The SMILES string of the molecule is COc1cc(C(O)Cc2ccc(Cl)cc2)c(OC)cc1Br. The zero-order chi connectivity index (χ0) is 15.4. The van der Waals surface area contributed by atoms with Gasteiger partial charge in [0.25, 0.3) is 0 Å². The van der Waals surface area contributed by atoms with E-state index in [2.05, 4.69) is 15.9 Å². The fraction of sp³-hybridized carbons (Fsp3) is 0.250. The van der Waals surface area contributed by atoms with Gasteiger partial charge in [-0.05, 0) is 45.8 Å². The molecule has 0 aromatic heterocycles. The molecule has 0 fully saturated rings. The zero-order valence-electron chi connectivity index (χ0n) is 11.8. The Hall–Kier alpha value is -1.23. The maximum Gasteiger partial charge on any atom is 0.133 e. The molecule has 0 spiro atoms. The second kappa shape index (κ2) is 7.16. The Labute approximate surface area is 137 Å². The van der Waals surface area contributed by atoms with Gasteiger partial charge in [-0.25, -0.2) is 0 Å². The van der Waals surface area contributed by atoms with Crippen LogP contribution in [0.5, 0.6) is 11.5 Å². The first-order valence-electron chi connectivity index (χ1n) is 6.39. The van der Waals surface area contributed by atoms with Crippen molar-refractivity contribution < 1.29 is 14.6 Å². The van der Waals surface area contributed by atoms with E-state index in [1.807, 2.05) is 24.3 Å². The smallest absolute Gasteiger partial charge is 0.133 e. The maximum atomic E-state index is 10.5. The van der Waals surface area contributed by atoms with Crippen molar-refractivity contribution in [3.05, 3.63) is 57.0 Å². The molecule has 0 heterocycles. The molecule has 1 atom stereocenters. The monoisotopic (exact) mass is 370 g/mol. The van der Waals surface area contributed by atoms with E-state index in [-0.39, 0.29) is 0 Å².